The third-order valence-electron chi connectivity index (χ3n) is 3.39. The third kappa shape index (κ3) is 2.65. The Morgan fingerprint density at radius 1 is 1.10 bits per heavy atom. The number of imide groups is 1. The van der Waals surface area contributed by atoms with E-state index in [1.165, 1.54) is 33.8 Å². The molecule has 1 aromatic carbocycles. The number of hydrogen-bond acceptors (Lipinski definition) is 3. The summed E-state index contributed by atoms with van der Waals surface area (Å²) in [4.78, 5) is 23.7. The quantitative estimate of drug-likeness (QED) is 0.654. The Kier molecular flexibility index (Phi) is 3.57. The number of hydrazine groups is 1. The Balaban J connectivity index is 2.31. The first-order valence-electron chi connectivity index (χ1n) is 6.13. The lowest BCUT2D eigenvalue weighted by Crippen LogP contribution is -2.37. The molecular weight excluding hydrogens is 284 g/mol. The standard InChI is InChI=1S/C13H12BF3N2O2/c1-6-7(2)12(21)19(11(6)20)18-8-3-4-10(14)9(5-8)13(15,16)17/h3-5,18H,14H2,1-2H3. The fraction of sp³-hybridized carbons (Fsp3) is 0.231. The van der Waals surface area contributed by atoms with Crippen molar-refractivity contribution in [3.63, 3.8) is 0 Å². The first-order valence-corrected chi connectivity index (χ1v) is 6.13. The van der Waals surface area contributed by atoms with Gasteiger partial charge >= 0.3 is 6.18 Å². The number of carbonyl (C=O) groups is 2. The van der Waals surface area contributed by atoms with E-state index in [-0.39, 0.29) is 22.3 Å². The molecule has 8 heteroatoms. The molecule has 1 aliphatic rings. The molecule has 110 valence electrons. The van der Waals surface area contributed by atoms with E-state index in [2.05, 4.69) is 5.43 Å². The van der Waals surface area contributed by atoms with Crippen molar-refractivity contribution < 1.29 is 22.8 Å². The number of anilines is 1. The van der Waals surface area contributed by atoms with Crippen molar-refractivity contribution in [2.45, 2.75) is 20.0 Å². The van der Waals surface area contributed by atoms with E-state index in [1.54, 1.807) is 0 Å². The number of nitrogens with one attached hydrogen (secondary N) is 1. The maximum absolute atomic E-state index is 12.8. The number of alkyl halides is 3. The zero-order valence-electron chi connectivity index (χ0n) is 11.6. The van der Waals surface area contributed by atoms with E-state index in [0.29, 0.717) is 0 Å². The number of benzene rings is 1. The van der Waals surface area contributed by atoms with Crippen LogP contribution in [0.2, 0.25) is 0 Å². The SMILES string of the molecule is Bc1ccc(NN2C(=O)C(C)=C(C)C2=O)cc1C(F)(F)F. The molecule has 1 heterocycles. The molecule has 0 spiro atoms. The predicted octanol–water partition coefficient (Wildman–Crippen LogP) is 0.996. The van der Waals surface area contributed by atoms with Crippen LogP contribution in [0.25, 0.3) is 0 Å². The van der Waals surface area contributed by atoms with Crippen molar-refractivity contribution >= 4 is 30.8 Å². The monoisotopic (exact) mass is 296 g/mol. The van der Waals surface area contributed by atoms with Crippen molar-refractivity contribution in [3.05, 3.63) is 34.9 Å². The molecule has 0 aromatic heterocycles. The molecule has 0 fully saturated rings. The fourth-order valence-corrected chi connectivity index (χ4v) is 1.98. The van der Waals surface area contributed by atoms with E-state index >= 15 is 0 Å². The smallest absolute Gasteiger partial charge is 0.288 e. The zero-order valence-corrected chi connectivity index (χ0v) is 11.6. The molecule has 0 unspecified atom stereocenters. The number of nitrogens with zero attached hydrogens (tertiary/aromatic N) is 1. The number of rotatable bonds is 2. The molecule has 4 nitrogen and oxygen atoms in total. The summed E-state index contributed by atoms with van der Waals surface area (Å²) in [5, 5.41) is 0.718. The first-order chi connectivity index (χ1) is 9.62. The van der Waals surface area contributed by atoms with E-state index in [9.17, 15) is 22.8 Å². The van der Waals surface area contributed by atoms with Gasteiger partial charge in [-0.15, -0.1) is 0 Å². The molecule has 1 N–H and O–H groups in total. The maximum atomic E-state index is 12.8. The molecular formula is C13H12BF3N2O2. The van der Waals surface area contributed by atoms with Gasteiger partial charge in [0.2, 0.25) is 0 Å². The van der Waals surface area contributed by atoms with Gasteiger partial charge in [0.15, 0.2) is 0 Å². The average molecular weight is 296 g/mol. The Bertz CT molecular complexity index is 644. The van der Waals surface area contributed by atoms with Gasteiger partial charge in [-0.05, 0) is 26.0 Å². The van der Waals surface area contributed by atoms with Gasteiger partial charge in [0.1, 0.15) is 7.85 Å². The molecule has 2 amide bonds. The largest absolute Gasteiger partial charge is 0.415 e. The summed E-state index contributed by atoms with van der Waals surface area (Å²) in [6.45, 7) is 2.99. The Hall–Kier alpha value is -2.25. The minimum absolute atomic E-state index is 0.0251. The second-order valence-electron chi connectivity index (χ2n) is 4.83. The van der Waals surface area contributed by atoms with Crippen LogP contribution < -0.4 is 10.9 Å². The van der Waals surface area contributed by atoms with Crippen molar-refractivity contribution in [1.29, 1.82) is 0 Å². The van der Waals surface area contributed by atoms with Gasteiger partial charge in [0.25, 0.3) is 11.8 Å². The molecule has 0 radical (unpaired) electrons. The average Bonchev–Trinajstić information content (AvgIpc) is 2.57. The molecule has 21 heavy (non-hydrogen) atoms. The number of halogens is 3. The van der Waals surface area contributed by atoms with Crippen LogP contribution in [0.1, 0.15) is 19.4 Å². The number of carbonyl (C=O) groups excluding carboxylic acids is 2. The lowest BCUT2D eigenvalue weighted by molar-refractivity contribution is -0.137. The highest BCUT2D eigenvalue weighted by Gasteiger charge is 2.35. The molecule has 0 atom stereocenters. The van der Waals surface area contributed by atoms with E-state index in [1.807, 2.05) is 0 Å². The van der Waals surface area contributed by atoms with E-state index in [0.717, 1.165) is 11.1 Å². The lowest BCUT2D eigenvalue weighted by Gasteiger charge is -2.19. The van der Waals surface area contributed by atoms with Gasteiger partial charge in [-0.1, -0.05) is 11.5 Å². The van der Waals surface area contributed by atoms with Crippen LogP contribution in [-0.4, -0.2) is 24.7 Å². The Labute approximate surface area is 120 Å². The highest BCUT2D eigenvalue weighted by molar-refractivity contribution is 6.33. The van der Waals surface area contributed by atoms with Crippen LogP contribution in [0, 0.1) is 0 Å². The summed E-state index contributed by atoms with van der Waals surface area (Å²) in [6, 6.07) is 3.54. The van der Waals surface area contributed by atoms with E-state index < -0.39 is 23.6 Å². The number of amides is 2. The van der Waals surface area contributed by atoms with Gasteiger partial charge in [0.05, 0.1) is 11.3 Å². The molecule has 2 rings (SSSR count). The van der Waals surface area contributed by atoms with Crippen LogP contribution in [0.15, 0.2) is 29.3 Å². The molecule has 0 saturated carbocycles. The van der Waals surface area contributed by atoms with Gasteiger partial charge in [0, 0.05) is 11.1 Å². The minimum Gasteiger partial charge on any atom is -0.288 e. The van der Waals surface area contributed by atoms with Crippen LogP contribution in [0.4, 0.5) is 18.9 Å². The highest BCUT2D eigenvalue weighted by atomic mass is 19.4. The topological polar surface area (TPSA) is 49.4 Å². The van der Waals surface area contributed by atoms with E-state index in [4.69, 9.17) is 0 Å². The van der Waals surface area contributed by atoms with Gasteiger partial charge < -0.3 is 0 Å². The van der Waals surface area contributed by atoms with Crippen LogP contribution in [0.3, 0.4) is 0 Å². The highest BCUT2D eigenvalue weighted by Crippen LogP contribution is 2.30. The molecule has 0 aliphatic carbocycles. The zero-order chi connectivity index (χ0) is 15.9. The minimum atomic E-state index is -4.50. The summed E-state index contributed by atoms with van der Waals surface area (Å²) in [6.07, 6.45) is -4.50. The summed E-state index contributed by atoms with van der Waals surface area (Å²) in [5.74, 6) is -1.13. The van der Waals surface area contributed by atoms with Crippen molar-refractivity contribution in [2.75, 3.05) is 5.43 Å². The summed E-state index contributed by atoms with van der Waals surface area (Å²) < 4.78 is 38.5. The maximum Gasteiger partial charge on any atom is 0.415 e. The third-order valence-corrected chi connectivity index (χ3v) is 3.39. The van der Waals surface area contributed by atoms with Crippen molar-refractivity contribution in [1.82, 2.24) is 5.01 Å². The lowest BCUT2D eigenvalue weighted by atomic mass is 9.90. The van der Waals surface area contributed by atoms with Gasteiger partial charge in [-0.3, -0.25) is 15.0 Å². The summed E-state index contributed by atoms with van der Waals surface area (Å²) in [7, 11) is 1.34. The number of hydrogen-bond donors (Lipinski definition) is 1. The van der Waals surface area contributed by atoms with Crippen LogP contribution >= 0.6 is 0 Å². The molecule has 0 bridgehead atoms. The van der Waals surface area contributed by atoms with Crippen molar-refractivity contribution in [3.8, 4) is 0 Å². The van der Waals surface area contributed by atoms with Gasteiger partial charge in [-0.2, -0.15) is 18.2 Å². The van der Waals surface area contributed by atoms with Crippen molar-refractivity contribution in [2.24, 2.45) is 0 Å². The summed E-state index contributed by atoms with van der Waals surface area (Å²) in [5.41, 5.74) is 2.26. The first kappa shape index (κ1) is 15.1. The van der Waals surface area contributed by atoms with Gasteiger partial charge in [-0.25, -0.2) is 0 Å². The predicted molar refractivity (Wildman–Crippen MR) is 73.5 cm³/mol. The molecule has 1 aliphatic heterocycles. The normalized spacial score (nSPS) is 16.0. The Morgan fingerprint density at radius 3 is 2.10 bits per heavy atom. The second-order valence-corrected chi connectivity index (χ2v) is 4.83. The summed E-state index contributed by atoms with van der Waals surface area (Å²) >= 11 is 0. The molecule has 1 aromatic rings. The molecule has 0 saturated heterocycles. The Morgan fingerprint density at radius 2 is 1.62 bits per heavy atom. The van der Waals surface area contributed by atoms with Crippen LogP contribution in [0.5, 0.6) is 0 Å². The van der Waals surface area contributed by atoms with Crippen LogP contribution in [-0.2, 0) is 15.8 Å². The second kappa shape index (κ2) is 4.94. The fourth-order valence-electron chi connectivity index (χ4n) is 1.98.